The largest absolute Gasteiger partial charge is 0.478 e. The number of benzene rings is 1. The second-order valence-corrected chi connectivity index (χ2v) is 5.02. The molecule has 5 heteroatoms. The van der Waals surface area contributed by atoms with E-state index in [4.69, 9.17) is 11.5 Å². The van der Waals surface area contributed by atoms with Crippen LogP contribution in [0.15, 0.2) is 18.3 Å². The van der Waals surface area contributed by atoms with E-state index in [9.17, 15) is 9.90 Å². The van der Waals surface area contributed by atoms with Crippen molar-refractivity contribution in [3.63, 3.8) is 0 Å². The number of carbonyl (C=O) groups is 1. The molecule has 5 nitrogen and oxygen atoms in total. The minimum Gasteiger partial charge on any atom is -0.478 e. The summed E-state index contributed by atoms with van der Waals surface area (Å²) in [5.74, 6) is -0.895. The van der Waals surface area contributed by atoms with Crippen molar-refractivity contribution in [2.45, 2.75) is 26.3 Å². The Kier molecular flexibility index (Phi) is 4.42. The molecule has 0 aliphatic carbocycles. The first-order chi connectivity index (χ1) is 9.58. The van der Waals surface area contributed by atoms with Crippen molar-refractivity contribution < 1.29 is 9.90 Å². The van der Waals surface area contributed by atoms with Gasteiger partial charge in [0.1, 0.15) is 0 Å². The van der Waals surface area contributed by atoms with E-state index in [0.717, 1.165) is 29.3 Å². The lowest BCUT2D eigenvalue weighted by Gasteiger charge is -2.06. The van der Waals surface area contributed by atoms with Crippen LogP contribution in [-0.2, 0) is 13.0 Å². The van der Waals surface area contributed by atoms with Crippen LogP contribution in [0.1, 0.15) is 27.9 Å². The number of nitrogens with zero attached hydrogens (tertiary/aromatic N) is 1. The van der Waals surface area contributed by atoms with Gasteiger partial charge in [0.15, 0.2) is 0 Å². The summed E-state index contributed by atoms with van der Waals surface area (Å²) in [6.45, 7) is 3.68. The van der Waals surface area contributed by atoms with E-state index in [-0.39, 0.29) is 0 Å². The molecule has 1 heterocycles. The number of rotatable bonds is 6. The van der Waals surface area contributed by atoms with Crippen LogP contribution < -0.4 is 11.5 Å². The highest BCUT2D eigenvalue weighted by molar-refractivity contribution is 5.96. The lowest BCUT2D eigenvalue weighted by atomic mass is 10.0. The maximum atomic E-state index is 11.3. The third kappa shape index (κ3) is 2.69. The highest BCUT2D eigenvalue weighted by atomic mass is 16.4. The molecular formula is C15H21N3O2. The summed E-state index contributed by atoms with van der Waals surface area (Å²) >= 11 is 0. The Morgan fingerprint density at radius 1 is 1.30 bits per heavy atom. The van der Waals surface area contributed by atoms with E-state index in [0.29, 0.717) is 25.2 Å². The molecule has 2 rings (SSSR count). The molecule has 0 aliphatic heterocycles. The molecule has 0 fully saturated rings. The van der Waals surface area contributed by atoms with Gasteiger partial charge >= 0.3 is 5.97 Å². The van der Waals surface area contributed by atoms with Gasteiger partial charge in [-0.25, -0.2) is 4.79 Å². The molecule has 0 aliphatic rings. The summed E-state index contributed by atoms with van der Waals surface area (Å²) in [6.07, 6.45) is 3.89. The number of carboxylic acid groups (broad SMARTS) is 1. The molecule has 0 spiro atoms. The average Bonchev–Trinajstić information content (AvgIpc) is 2.73. The molecule has 0 radical (unpaired) electrons. The van der Waals surface area contributed by atoms with Crippen LogP contribution in [0.5, 0.6) is 0 Å². The Balaban J connectivity index is 2.59. The number of carboxylic acids is 1. The van der Waals surface area contributed by atoms with Crippen LogP contribution in [0, 0.1) is 6.92 Å². The first-order valence-electron chi connectivity index (χ1n) is 6.84. The molecule has 0 atom stereocenters. The molecule has 0 saturated heterocycles. The second kappa shape index (κ2) is 6.07. The topological polar surface area (TPSA) is 94.3 Å². The Labute approximate surface area is 118 Å². The van der Waals surface area contributed by atoms with Crippen molar-refractivity contribution in [3.8, 4) is 0 Å². The summed E-state index contributed by atoms with van der Waals surface area (Å²) in [7, 11) is 0. The van der Waals surface area contributed by atoms with Crippen LogP contribution >= 0.6 is 0 Å². The Morgan fingerprint density at radius 2 is 2.05 bits per heavy atom. The lowest BCUT2D eigenvalue weighted by molar-refractivity contribution is 0.0696. The van der Waals surface area contributed by atoms with Gasteiger partial charge in [-0.05, 0) is 49.6 Å². The van der Waals surface area contributed by atoms with Crippen molar-refractivity contribution in [1.29, 1.82) is 0 Å². The van der Waals surface area contributed by atoms with Gasteiger partial charge in [-0.1, -0.05) is 0 Å². The maximum Gasteiger partial charge on any atom is 0.336 e. The molecule has 1 aromatic carbocycles. The van der Waals surface area contributed by atoms with Crippen molar-refractivity contribution >= 4 is 16.9 Å². The fourth-order valence-corrected chi connectivity index (χ4v) is 2.56. The van der Waals surface area contributed by atoms with E-state index in [1.54, 1.807) is 6.07 Å². The van der Waals surface area contributed by atoms with Crippen LogP contribution in [-0.4, -0.2) is 28.7 Å². The van der Waals surface area contributed by atoms with Gasteiger partial charge in [-0.15, -0.1) is 0 Å². The normalized spacial score (nSPS) is 11.2. The van der Waals surface area contributed by atoms with E-state index < -0.39 is 5.97 Å². The summed E-state index contributed by atoms with van der Waals surface area (Å²) in [4.78, 5) is 11.3. The maximum absolute atomic E-state index is 11.3. The molecule has 0 unspecified atom stereocenters. The molecule has 0 saturated carbocycles. The van der Waals surface area contributed by atoms with Gasteiger partial charge in [-0.2, -0.15) is 0 Å². The zero-order chi connectivity index (χ0) is 14.7. The third-order valence-corrected chi connectivity index (χ3v) is 3.56. The zero-order valence-electron chi connectivity index (χ0n) is 11.7. The van der Waals surface area contributed by atoms with Gasteiger partial charge in [0, 0.05) is 30.2 Å². The summed E-state index contributed by atoms with van der Waals surface area (Å²) in [6, 6.07) is 3.70. The first-order valence-corrected chi connectivity index (χ1v) is 6.84. The van der Waals surface area contributed by atoms with Crippen LogP contribution in [0.25, 0.3) is 10.9 Å². The van der Waals surface area contributed by atoms with E-state index in [2.05, 4.69) is 6.20 Å². The van der Waals surface area contributed by atoms with Crippen molar-refractivity contribution in [2.24, 2.45) is 11.5 Å². The van der Waals surface area contributed by atoms with Gasteiger partial charge < -0.3 is 21.1 Å². The number of nitrogens with two attached hydrogens (primary N) is 2. The number of aryl methyl sites for hydroxylation is 2. The standard InChI is InChI=1S/C15H21N3O2/c1-10-7-13-11(3-2-4-16)9-18(6-5-17)14(13)8-12(10)15(19)20/h7-9H,2-6,16-17H2,1H3,(H,19,20). The monoisotopic (exact) mass is 275 g/mol. The molecule has 5 N–H and O–H groups in total. The van der Waals surface area contributed by atoms with E-state index in [1.165, 1.54) is 5.56 Å². The number of hydrogen-bond acceptors (Lipinski definition) is 3. The van der Waals surface area contributed by atoms with E-state index >= 15 is 0 Å². The Morgan fingerprint density at radius 3 is 2.65 bits per heavy atom. The average molecular weight is 275 g/mol. The lowest BCUT2D eigenvalue weighted by Crippen LogP contribution is -2.09. The Bertz CT molecular complexity index is 632. The summed E-state index contributed by atoms with van der Waals surface area (Å²) < 4.78 is 2.03. The van der Waals surface area contributed by atoms with Gasteiger partial charge in [0.2, 0.25) is 0 Å². The summed E-state index contributed by atoms with van der Waals surface area (Å²) in [5.41, 5.74) is 14.5. The van der Waals surface area contributed by atoms with Gasteiger partial charge in [0.25, 0.3) is 0 Å². The van der Waals surface area contributed by atoms with Gasteiger partial charge in [0.05, 0.1) is 5.56 Å². The Hall–Kier alpha value is -1.85. The molecule has 0 bridgehead atoms. The fraction of sp³-hybridized carbons (Fsp3) is 0.400. The molecule has 108 valence electrons. The van der Waals surface area contributed by atoms with Crippen LogP contribution in [0.4, 0.5) is 0 Å². The molecule has 20 heavy (non-hydrogen) atoms. The predicted molar refractivity (Wildman–Crippen MR) is 80.1 cm³/mol. The van der Waals surface area contributed by atoms with Crippen LogP contribution in [0.2, 0.25) is 0 Å². The van der Waals surface area contributed by atoms with Crippen molar-refractivity contribution in [3.05, 3.63) is 35.0 Å². The minimum atomic E-state index is -0.895. The van der Waals surface area contributed by atoms with E-state index in [1.807, 2.05) is 17.6 Å². The molecular weight excluding hydrogens is 254 g/mol. The zero-order valence-corrected chi connectivity index (χ0v) is 11.7. The smallest absolute Gasteiger partial charge is 0.336 e. The third-order valence-electron chi connectivity index (χ3n) is 3.56. The number of hydrogen-bond donors (Lipinski definition) is 3. The SMILES string of the molecule is Cc1cc2c(CCCN)cn(CCN)c2cc1C(=O)O. The number of aromatic nitrogens is 1. The highest BCUT2D eigenvalue weighted by Crippen LogP contribution is 2.26. The second-order valence-electron chi connectivity index (χ2n) is 5.02. The number of aromatic carboxylic acids is 1. The van der Waals surface area contributed by atoms with Crippen molar-refractivity contribution in [1.82, 2.24) is 4.57 Å². The molecule has 1 aromatic heterocycles. The quantitative estimate of drug-likeness (QED) is 0.744. The first kappa shape index (κ1) is 14.6. The molecule has 2 aromatic rings. The summed E-state index contributed by atoms with van der Waals surface area (Å²) in [5, 5.41) is 10.3. The fourth-order valence-electron chi connectivity index (χ4n) is 2.56. The van der Waals surface area contributed by atoms with Crippen molar-refractivity contribution in [2.75, 3.05) is 13.1 Å². The highest BCUT2D eigenvalue weighted by Gasteiger charge is 2.14. The van der Waals surface area contributed by atoms with Crippen LogP contribution in [0.3, 0.4) is 0 Å². The predicted octanol–water partition coefficient (Wildman–Crippen LogP) is 1.50. The van der Waals surface area contributed by atoms with Gasteiger partial charge in [-0.3, -0.25) is 0 Å². The molecule has 0 amide bonds. The number of fused-ring (bicyclic) bond motifs is 1. The minimum absolute atomic E-state index is 0.347.